The molecule has 0 radical (unpaired) electrons. The second kappa shape index (κ2) is 7.93. The Balaban J connectivity index is 1.58. The number of esters is 1. The molecule has 2 aromatic heterocycles. The molecule has 0 atom stereocenters. The molecule has 1 saturated heterocycles. The van der Waals surface area contributed by atoms with Gasteiger partial charge in [0, 0.05) is 44.7 Å². The van der Waals surface area contributed by atoms with Gasteiger partial charge in [0.15, 0.2) is 5.82 Å². The van der Waals surface area contributed by atoms with Crippen molar-refractivity contribution in [2.24, 2.45) is 0 Å². The molecule has 3 heterocycles. The Labute approximate surface area is 163 Å². The van der Waals surface area contributed by atoms with Crippen molar-refractivity contribution in [2.45, 2.75) is 20.4 Å². The van der Waals surface area contributed by atoms with E-state index in [1.807, 2.05) is 31.2 Å². The molecule has 4 rings (SSSR count). The van der Waals surface area contributed by atoms with Crippen molar-refractivity contribution < 1.29 is 14.1 Å². The molecule has 0 N–H and O–H groups in total. The minimum atomic E-state index is -0.333. The van der Waals surface area contributed by atoms with Crippen molar-refractivity contribution in [2.75, 3.05) is 37.7 Å². The maximum atomic E-state index is 12.5. The smallest absolute Gasteiger partial charge is 0.341 e. The number of anilines is 1. The fourth-order valence-electron chi connectivity index (χ4n) is 3.56. The van der Waals surface area contributed by atoms with Gasteiger partial charge in [-0.15, -0.1) is 0 Å². The van der Waals surface area contributed by atoms with Crippen LogP contribution in [0, 0.1) is 6.92 Å². The van der Waals surface area contributed by atoms with Gasteiger partial charge < -0.3 is 14.2 Å². The number of aromatic nitrogens is 3. The summed E-state index contributed by atoms with van der Waals surface area (Å²) in [4.78, 5) is 25.8. The van der Waals surface area contributed by atoms with E-state index in [9.17, 15) is 4.79 Å². The maximum absolute atomic E-state index is 12.5. The highest BCUT2D eigenvalue weighted by Crippen LogP contribution is 2.31. The first-order valence-electron chi connectivity index (χ1n) is 9.47. The van der Waals surface area contributed by atoms with Crippen molar-refractivity contribution >= 4 is 22.6 Å². The topological polar surface area (TPSA) is 84.6 Å². The zero-order valence-electron chi connectivity index (χ0n) is 16.1. The van der Waals surface area contributed by atoms with E-state index in [1.165, 1.54) is 0 Å². The lowest BCUT2D eigenvalue weighted by molar-refractivity contribution is 0.0526. The highest BCUT2D eigenvalue weighted by Gasteiger charge is 2.25. The SMILES string of the molecule is CCOC(=O)c1cnc2ccccc2c1N1CCN(Cc2noc(C)n2)CC1. The van der Waals surface area contributed by atoms with E-state index in [0.717, 1.165) is 42.8 Å². The predicted molar refractivity (Wildman–Crippen MR) is 104 cm³/mol. The highest BCUT2D eigenvalue weighted by molar-refractivity contribution is 6.05. The average molecular weight is 381 g/mol. The summed E-state index contributed by atoms with van der Waals surface area (Å²) in [6.07, 6.45) is 1.63. The van der Waals surface area contributed by atoms with Gasteiger partial charge in [0.2, 0.25) is 5.89 Å². The molecule has 1 aliphatic rings. The number of carbonyl (C=O) groups is 1. The fraction of sp³-hybridized carbons (Fsp3) is 0.400. The van der Waals surface area contributed by atoms with Crippen LogP contribution in [0.25, 0.3) is 10.9 Å². The standard InChI is InChI=1S/C20H23N5O3/c1-3-27-20(26)16-12-21-17-7-5-4-6-15(17)19(16)25-10-8-24(9-11-25)13-18-22-14(2)28-23-18/h4-7,12H,3,8-11,13H2,1-2H3. The highest BCUT2D eigenvalue weighted by atomic mass is 16.5. The van der Waals surface area contributed by atoms with E-state index in [2.05, 4.69) is 24.9 Å². The first kappa shape index (κ1) is 18.4. The van der Waals surface area contributed by atoms with Gasteiger partial charge in [0.1, 0.15) is 5.56 Å². The molecule has 1 aliphatic heterocycles. The Morgan fingerprint density at radius 2 is 2.00 bits per heavy atom. The van der Waals surface area contributed by atoms with Crippen molar-refractivity contribution in [1.29, 1.82) is 0 Å². The van der Waals surface area contributed by atoms with Gasteiger partial charge >= 0.3 is 5.97 Å². The van der Waals surface area contributed by atoms with Gasteiger partial charge in [-0.25, -0.2) is 4.79 Å². The number of fused-ring (bicyclic) bond motifs is 1. The fourth-order valence-corrected chi connectivity index (χ4v) is 3.56. The average Bonchev–Trinajstić information content (AvgIpc) is 3.12. The monoisotopic (exact) mass is 381 g/mol. The molecule has 3 aromatic rings. The summed E-state index contributed by atoms with van der Waals surface area (Å²) in [5, 5.41) is 4.94. The number of aryl methyl sites for hydroxylation is 1. The van der Waals surface area contributed by atoms with Crippen molar-refractivity contribution in [1.82, 2.24) is 20.0 Å². The predicted octanol–water partition coefficient (Wildman–Crippen LogP) is 2.43. The van der Waals surface area contributed by atoms with E-state index in [1.54, 1.807) is 13.1 Å². The molecule has 0 spiro atoms. The zero-order chi connectivity index (χ0) is 19.5. The van der Waals surface area contributed by atoms with Crippen molar-refractivity contribution in [3.05, 3.63) is 47.7 Å². The van der Waals surface area contributed by atoms with Crippen LogP contribution in [0.2, 0.25) is 0 Å². The maximum Gasteiger partial charge on any atom is 0.341 e. The van der Waals surface area contributed by atoms with Gasteiger partial charge in [0.05, 0.1) is 24.4 Å². The van der Waals surface area contributed by atoms with E-state index >= 15 is 0 Å². The van der Waals surface area contributed by atoms with Gasteiger partial charge in [-0.1, -0.05) is 23.4 Å². The minimum absolute atomic E-state index is 0.333. The zero-order valence-corrected chi connectivity index (χ0v) is 16.1. The van der Waals surface area contributed by atoms with Gasteiger partial charge in [0.25, 0.3) is 0 Å². The van der Waals surface area contributed by atoms with E-state index in [-0.39, 0.29) is 5.97 Å². The minimum Gasteiger partial charge on any atom is -0.462 e. The molecule has 1 aromatic carbocycles. The molecule has 28 heavy (non-hydrogen) atoms. The molecule has 0 aliphatic carbocycles. The van der Waals surface area contributed by atoms with E-state index in [4.69, 9.17) is 9.26 Å². The summed E-state index contributed by atoms with van der Waals surface area (Å²) in [7, 11) is 0. The molecule has 8 nitrogen and oxygen atoms in total. The summed E-state index contributed by atoms with van der Waals surface area (Å²) in [5.41, 5.74) is 2.29. The molecule has 1 fully saturated rings. The molecular formula is C20H23N5O3. The Morgan fingerprint density at radius 3 is 2.71 bits per heavy atom. The molecular weight excluding hydrogens is 358 g/mol. The third-order valence-corrected chi connectivity index (χ3v) is 4.87. The number of nitrogens with zero attached hydrogens (tertiary/aromatic N) is 5. The number of rotatable bonds is 5. The molecule has 0 bridgehead atoms. The summed E-state index contributed by atoms with van der Waals surface area (Å²) >= 11 is 0. The Hall–Kier alpha value is -3.00. The Bertz CT molecular complexity index is 979. The van der Waals surface area contributed by atoms with Gasteiger partial charge in [-0.05, 0) is 13.0 Å². The number of ether oxygens (including phenoxy) is 1. The molecule has 8 heteroatoms. The molecule has 0 unspecified atom stereocenters. The van der Waals surface area contributed by atoms with Crippen LogP contribution in [0.15, 0.2) is 35.0 Å². The van der Waals surface area contributed by atoms with Crippen LogP contribution >= 0.6 is 0 Å². The number of piperazine rings is 1. The van der Waals surface area contributed by atoms with Crippen LogP contribution in [0.4, 0.5) is 5.69 Å². The summed E-state index contributed by atoms with van der Waals surface area (Å²) in [6.45, 7) is 7.86. The lowest BCUT2D eigenvalue weighted by atomic mass is 10.1. The lowest BCUT2D eigenvalue weighted by Gasteiger charge is -2.36. The summed E-state index contributed by atoms with van der Waals surface area (Å²) < 4.78 is 10.3. The number of carbonyl (C=O) groups excluding carboxylic acids is 1. The molecule has 0 saturated carbocycles. The van der Waals surface area contributed by atoms with E-state index < -0.39 is 0 Å². The summed E-state index contributed by atoms with van der Waals surface area (Å²) in [6, 6.07) is 7.89. The van der Waals surface area contributed by atoms with Crippen LogP contribution in [0.5, 0.6) is 0 Å². The quantitative estimate of drug-likeness (QED) is 0.623. The second-order valence-corrected chi connectivity index (χ2v) is 6.75. The Kier molecular flexibility index (Phi) is 5.21. The largest absolute Gasteiger partial charge is 0.462 e. The van der Waals surface area contributed by atoms with Crippen molar-refractivity contribution in [3.8, 4) is 0 Å². The summed E-state index contributed by atoms with van der Waals surface area (Å²) in [5.74, 6) is 0.948. The number of benzene rings is 1. The second-order valence-electron chi connectivity index (χ2n) is 6.75. The lowest BCUT2D eigenvalue weighted by Crippen LogP contribution is -2.46. The van der Waals surface area contributed by atoms with Gasteiger partial charge in [-0.2, -0.15) is 4.98 Å². The van der Waals surface area contributed by atoms with E-state index in [0.29, 0.717) is 30.4 Å². The van der Waals surface area contributed by atoms with Crippen LogP contribution in [-0.2, 0) is 11.3 Å². The number of para-hydroxylation sites is 1. The first-order chi connectivity index (χ1) is 13.7. The number of hydrogen-bond donors (Lipinski definition) is 0. The van der Waals surface area contributed by atoms with Gasteiger partial charge in [-0.3, -0.25) is 9.88 Å². The Morgan fingerprint density at radius 1 is 1.21 bits per heavy atom. The third kappa shape index (κ3) is 3.68. The number of pyridine rings is 1. The van der Waals surface area contributed by atoms with Crippen LogP contribution < -0.4 is 4.90 Å². The van der Waals surface area contributed by atoms with Crippen LogP contribution in [-0.4, -0.2) is 58.8 Å². The molecule has 0 amide bonds. The first-order valence-corrected chi connectivity index (χ1v) is 9.47. The van der Waals surface area contributed by atoms with Crippen molar-refractivity contribution in [3.63, 3.8) is 0 Å². The van der Waals surface area contributed by atoms with Crippen LogP contribution in [0.1, 0.15) is 29.0 Å². The third-order valence-electron chi connectivity index (χ3n) is 4.87. The molecule has 146 valence electrons. The normalized spacial score (nSPS) is 15.1. The van der Waals surface area contributed by atoms with Crippen LogP contribution in [0.3, 0.4) is 0 Å². The number of hydrogen-bond acceptors (Lipinski definition) is 8.